The van der Waals surface area contributed by atoms with E-state index in [0.717, 1.165) is 35.3 Å². The average molecular weight is 520 g/mol. The van der Waals surface area contributed by atoms with Gasteiger partial charge in [0.05, 0.1) is 25.9 Å². The smallest absolute Gasteiger partial charge is 0.245 e. The standard InChI is InChI=1S/C29H37N5O4/c1-4-5-16-38-29(25-9-7-6-8-21(25)2)19-34(20-29)28(36)26(17-22-10-13-24(37-3)14-11-22)31-27(35)15-12-23-18-30-33-32-23/h6-11,13-14,18,26H,4-5,12,15-17,19-20H2,1-3H3,(H,31,35)(H,30,32,33). The van der Waals surface area contributed by atoms with Crippen LogP contribution in [0.15, 0.2) is 54.7 Å². The molecule has 9 heteroatoms. The third-order valence-corrected chi connectivity index (χ3v) is 7.02. The van der Waals surface area contributed by atoms with Crippen LogP contribution in [0, 0.1) is 6.92 Å². The van der Waals surface area contributed by atoms with E-state index in [4.69, 9.17) is 9.47 Å². The minimum atomic E-state index is -0.696. The number of nitrogens with one attached hydrogen (secondary N) is 2. The van der Waals surface area contributed by atoms with E-state index >= 15 is 0 Å². The predicted octanol–water partition coefficient (Wildman–Crippen LogP) is 3.34. The SMILES string of the molecule is CCCCOC1(c2ccccc2C)CN(C(=O)C(Cc2ccc(OC)cc2)NC(=O)CCc2c[nH]nn2)C1. The molecule has 2 amide bonds. The summed E-state index contributed by atoms with van der Waals surface area (Å²) in [7, 11) is 1.61. The van der Waals surface area contributed by atoms with Crippen molar-refractivity contribution in [1.82, 2.24) is 25.6 Å². The maximum atomic E-state index is 13.8. The Balaban J connectivity index is 1.48. The number of hydrogen-bond acceptors (Lipinski definition) is 6. The minimum absolute atomic E-state index is 0.112. The lowest BCUT2D eigenvalue weighted by Gasteiger charge is -2.51. The van der Waals surface area contributed by atoms with Gasteiger partial charge in [0.1, 0.15) is 17.4 Å². The van der Waals surface area contributed by atoms with Gasteiger partial charge in [0.25, 0.3) is 0 Å². The summed E-state index contributed by atoms with van der Waals surface area (Å²) >= 11 is 0. The van der Waals surface area contributed by atoms with Gasteiger partial charge in [-0.2, -0.15) is 0 Å². The molecule has 202 valence electrons. The van der Waals surface area contributed by atoms with Crippen LogP contribution < -0.4 is 10.1 Å². The molecular weight excluding hydrogens is 482 g/mol. The summed E-state index contributed by atoms with van der Waals surface area (Å²) in [6.45, 7) is 5.76. The van der Waals surface area contributed by atoms with E-state index in [1.165, 1.54) is 0 Å². The Morgan fingerprint density at radius 3 is 2.58 bits per heavy atom. The second-order valence-corrected chi connectivity index (χ2v) is 9.84. The van der Waals surface area contributed by atoms with Crippen molar-refractivity contribution in [3.05, 3.63) is 77.1 Å². The van der Waals surface area contributed by atoms with Gasteiger partial charge in [-0.25, -0.2) is 0 Å². The van der Waals surface area contributed by atoms with Gasteiger partial charge in [-0.05, 0) is 42.2 Å². The van der Waals surface area contributed by atoms with Crippen LogP contribution in [0.2, 0.25) is 0 Å². The van der Waals surface area contributed by atoms with Crippen LogP contribution in [0.4, 0.5) is 0 Å². The Hall–Kier alpha value is -3.72. The van der Waals surface area contributed by atoms with E-state index in [-0.39, 0.29) is 18.2 Å². The molecule has 0 spiro atoms. The molecule has 1 aliphatic heterocycles. The Kier molecular flexibility index (Phi) is 9.12. The molecule has 4 rings (SSSR count). The topological polar surface area (TPSA) is 109 Å². The van der Waals surface area contributed by atoms with Gasteiger partial charge >= 0.3 is 0 Å². The summed E-state index contributed by atoms with van der Waals surface area (Å²) < 4.78 is 11.7. The molecule has 2 N–H and O–H groups in total. The number of ether oxygens (including phenoxy) is 2. The monoisotopic (exact) mass is 519 g/mol. The van der Waals surface area contributed by atoms with Crippen molar-refractivity contribution < 1.29 is 19.1 Å². The highest BCUT2D eigenvalue weighted by molar-refractivity contribution is 5.88. The van der Waals surface area contributed by atoms with Crippen LogP contribution in [0.3, 0.4) is 0 Å². The molecule has 0 radical (unpaired) electrons. The number of likely N-dealkylation sites (tertiary alicyclic amines) is 1. The van der Waals surface area contributed by atoms with Gasteiger partial charge in [-0.15, -0.1) is 5.10 Å². The molecule has 1 aliphatic rings. The lowest BCUT2D eigenvalue weighted by atomic mass is 9.82. The first kappa shape index (κ1) is 27.3. The number of H-pyrrole nitrogens is 1. The normalized spacial score (nSPS) is 15.0. The fourth-order valence-electron chi connectivity index (χ4n) is 4.83. The number of rotatable bonds is 13. The van der Waals surface area contributed by atoms with Gasteiger partial charge in [-0.3, -0.25) is 14.7 Å². The first-order valence-electron chi connectivity index (χ1n) is 13.2. The lowest BCUT2D eigenvalue weighted by Crippen LogP contribution is -2.66. The minimum Gasteiger partial charge on any atom is -0.497 e. The van der Waals surface area contributed by atoms with Crippen LogP contribution in [0.25, 0.3) is 0 Å². The number of aryl methyl sites for hydroxylation is 2. The van der Waals surface area contributed by atoms with Crippen molar-refractivity contribution in [3.8, 4) is 5.75 Å². The van der Waals surface area contributed by atoms with E-state index in [9.17, 15) is 9.59 Å². The fourth-order valence-corrected chi connectivity index (χ4v) is 4.83. The summed E-state index contributed by atoms with van der Waals surface area (Å²) in [5, 5.41) is 13.2. The third kappa shape index (κ3) is 6.58. The number of methoxy groups -OCH3 is 1. The van der Waals surface area contributed by atoms with E-state index < -0.39 is 11.6 Å². The number of benzene rings is 2. The number of unbranched alkanes of at least 4 members (excludes halogenated alkanes) is 1. The Morgan fingerprint density at radius 2 is 1.92 bits per heavy atom. The number of aromatic nitrogens is 3. The second-order valence-electron chi connectivity index (χ2n) is 9.84. The van der Waals surface area contributed by atoms with Gasteiger partial charge in [0.15, 0.2) is 0 Å². The predicted molar refractivity (Wildman–Crippen MR) is 144 cm³/mol. The summed E-state index contributed by atoms with van der Waals surface area (Å²) in [6.07, 6.45) is 4.70. The number of carbonyl (C=O) groups is 2. The Morgan fingerprint density at radius 1 is 1.16 bits per heavy atom. The van der Waals surface area contributed by atoms with Crippen molar-refractivity contribution in [1.29, 1.82) is 0 Å². The van der Waals surface area contributed by atoms with E-state index in [0.29, 0.717) is 38.2 Å². The molecule has 1 unspecified atom stereocenters. The highest BCUT2D eigenvalue weighted by atomic mass is 16.5. The highest BCUT2D eigenvalue weighted by Gasteiger charge is 2.49. The molecule has 0 saturated carbocycles. The molecule has 1 atom stereocenters. The van der Waals surface area contributed by atoms with Crippen molar-refractivity contribution in [2.75, 3.05) is 26.8 Å². The molecule has 2 heterocycles. The van der Waals surface area contributed by atoms with Gasteiger partial charge in [0.2, 0.25) is 11.8 Å². The maximum absolute atomic E-state index is 13.8. The molecule has 0 aliphatic carbocycles. The van der Waals surface area contributed by atoms with Crippen LogP contribution >= 0.6 is 0 Å². The van der Waals surface area contributed by atoms with E-state index in [1.54, 1.807) is 18.2 Å². The fraction of sp³-hybridized carbons (Fsp3) is 0.448. The zero-order valence-electron chi connectivity index (χ0n) is 22.4. The first-order valence-corrected chi connectivity index (χ1v) is 13.2. The van der Waals surface area contributed by atoms with Crippen LogP contribution in [0.1, 0.15) is 48.6 Å². The largest absolute Gasteiger partial charge is 0.497 e. The van der Waals surface area contributed by atoms with E-state index in [1.807, 2.05) is 36.4 Å². The van der Waals surface area contributed by atoms with Crippen molar-refractivity contribution >= 4 is 11.8 Å². The number of nitrogens with zero attached hydrogens (tertiary/aromatic N) is 3. The number of amides is 2. The molecule has 2 aromatic carbocycles. The van der Waals surface area contributed by atoms with Crippen molar-refractivity contribution in [3.63, 3.8) is 0 Å². The molecule has 1 aromatic heterocycles. The third-order valence-electron chi connectivity index (χ3n) is 7.02. The molecule has 9 nitrogen and oxygen atoms in total. The summed E-state index contributed by atoms with van der Waals surface area (Å²) in [5.74, 6) is 0.423. The Labute approximate surface area is 223 Å². The van der Waals surface area contributed by atoms with Crippen LogP contribution in [-0.2, 0) is 32.8 Å². The summed E-state index contributed by atoms with van der Waals surface area (Å²) in [5.41, 5.74) is 3.37. The van der Waals surface area contributed by atoms with E-state index in [2.05, 4.69) is 46.7 Å². The number of carbonyl (C=O) groups excluding carboxylic acids is 2. The maximum Gasteiger partial charge on any atom is 0.245 e. The zero-order valence-corrected chi connectivity index (χ0v) is 22.4. The molecule has 1 saturated heterocycles. The quantitative estimate of drug-likeness (QED) is 0.335. The summed E-state index contributed by atoms with van der Waals surface area (Å²) in [6, 6.07) is 15.0. The molecule has 1 fully saturated rings. The van der Waals surface area contributed by atoms with Gasteiger partial charge in [-0.1, -0.05) is 55.0 Å². The van der Waals surface area contributed by atoms with Gasteiger partial charge in [0, 0.05) is 32.1 Å². The highest BCUT2D eigenvalue weighted by Crippen LogP contribution is 2.38. The Bertz CT molecular complexity index is 1190. The number of hydrogen-bond donors (Lipinski definition) is 2. The zero-order chi connectivity index (χ0) is 27.0. The first-order chi connectivity index (χ1) is 18.4. The summed E-state index contributed by atoms with van der Waals surface area (Å²) in [4.78, 5) is 28.4. The lowest BCUT2D eigenvalue weighted by molar-refractivity contribution is -0.175. The molecule has 3 aromatic rings. The molecule has 38 heavy (non-hydrogen) atoms. The molecule has 0 bridgehead atoms. The van der Waals surface area contributed by atoms with Crippen LogP contribution in [-0.4, -0.2) is 65.0 Å². The second kappa shape index (κ2) is 12.7. The number of aromatic amines is 1. The van der Waals surface area contributed by atoms with Gasteiger partial charge < -0.3 is 19.7 Å². The average Bonchev–Trinajstić information content (AvgIpc) is 3.43. The van der Waals surface area contributed by atoms with Crippen molar-refractivity contribution in [2.24, 2.45) is 0 Å². The van der Waals surface area contributed by atoms with Crippen molar-refractivity contribution in [2.45, 2.75) is 57.6 Å². The molecular formula is C29H37N5O4. The van der Waals surface area contributed by atoms with Crippen LogP contribution in [0.5, 0.6) is 5.75 Å².